The minimum atomic E-state index is -1.02. The molecule has 36 heavy (non-hydrogen) atoms. The Balaban J connectivity index is 1.74. The summed E-state index contributed by atoms with van der Waals surface area (Å²) in [7, 11) is 1.24. The quantitative estimate of drug-likeness (QED) is 0.300. The van der Waals surface area contributed by atoms with Crippen molar-refractivity contribution in [1.82, 2.24) is 9.72 Å². The Labute approximate surface area is 207 Å². The maximum Gasteiger partial charge on any atom is 0.340 e. The van der Waals surface area contributed by atoms with E-state index >= 15 is 0 Å². The molecule has 1 amide bonds. The van der Waals surface area contributed by atoms with Crippen molar-refractivity contribution in [2.24, 2.45) is 0 Å². The van der Waals surface area contributed by atoms with Gasteiger partial charge >= 0.3 is 11.9 Å². The number of aromatic nitrogens is 1. The van der Waals surface area contributed by atoms with Gasteiger partial charge < -0.3 is 19.2 Å². The fraction of sp³-hybridized carbons (Fsp3) is 0.143. The number of esters is 2. The van der Waals surface area contributed by atoms with Crippen LogP contribution >= 0.6 is 0 Å². The van der Waals surface area contributed by atoms with E-state index in [0.29, 0.717) is 16.6 Å². The summed E-state index contributed by atoms with van der Waals surface area (Å²) in [5.74, 6) is -2.07. The number of carbonyl (C=O) groups excluding carboxylic acids is 4. The molecule has 0 fully saturated rings. The molecule has 0 aliphatic heterocycles. The van der Waals surface area contributed by atoms with Crippen molar-refractivity contribution in [3.8, 4) is 0 Å². The SMILES string of the molecule is CCOC(=O)c1cc(C(=O)c2ccccc2)n2ccc(C(=O)N[C@@H](C(=O)OC)c3ccccc3)cc12. The van der Waals surface area contributed by atoms with E-state index in [2.05, 4.69) is 5.32 Å². The number of carbonyl (C=O) groups is 4. The number of rotatable bonds is 8. The first kappa shape index (κ1) is 24.4. The van der Waals surface area contributed by atoms with Gasteiger partial charge in [0.25, 0.3) is 5.91 Å². The summed E-state index contributed by atoms with van der Waals surface area (Å²) in [5.41, 5.74) is 1.94. The summed E-state index contributed by atoms with van der Waals surface area (Å²) in [6.07, 6.45) is 1.54. The molecule has 0 saturated carbocycles. The Hall–Kier alpha value is -4.72. The van der Waals surface area contributed by atoms with E-state index in [1.54, 1.807) is 78.2 Å². The average Bonchev–Trinajstić information content (AvgIpc) is 3.31. The smallest absolute Gasteiger partial charge is 0.340 e. The van der Waals surface area contributed by atoms with Gasteiger partial charge in [-0.3, -0.25) is 9.59 Å². The van der Waals surface area contributed by atoms with Crippen LogP contribution in [0.25, 0.3) is 5.52 Å². The first-order valence-corrected chi connectivity index (χ1v) is 11.3. The lowest BCUT2D eigenvalue weighted by Crippen LogP contribution is -2.34. The minimum absolute atomic E-state index is 0.149. The molecule has 0 aliphatic carbocycles. The molecule has 182 valence electrons. The molecule has 2 aromatic heterocycles. The summed E-state index contributed by atoms with van der Waals surface area (Å²) in [6, 6.07) is 20.8. The largest absolute Gasteiger partial charge is 0.467 e. The summed E-state index contributed by atoms with van der Waals surface area (Å²) in [6.45, 7) is 1.83. The Kier molecular flexibility index (Phi) is 7.25. The van der Waals surface area contributed by atoms with Crippen LogP contribution in [0.15, 0.2) is 85.1 Å². The molecule has 8 heteroatoms. The molecule has 0 radical (unpaired) electrons. The third-order valence-corrected chi connectivity index (χ3v) is 5.64. The molecule has 0 aliphatic rings. The predicted molar refractivity (Wildman–Crippen MR) is 132 cm³/mol. The second-order valence-corrected chi connectivity index (χ2v) is 7.87. The van der Waals surface area contributed by atoms with E-state index in [4.69, 9.17) is 9.47 Å². The molecule has 2 aromatic carbocycles. The predicted octanol–water partition coefficient (Wildman–Crippen LogP) is 3.99. The zero-order valence-electron chi connectivity index (χ0n) is 19.8. The molecule has 8 nitrogen and oxygen atoms in total. The second kappa shape index (κ2) is 10.7. The van der Waals surface area contributed by atoms with Gasteiger partial charge in [0.1, 0.15) is 0 Å². The van der Waals surface area contributed by atoms with Crippen LogP contribution in [0.2, 0.25) is 0 Å². The van der Waals surface area contributed by atoms with Crippen molar-refractivity contribution < 1.29 is 28.7 Å². The highest BCUT2D eigenvalue weighted by molar-refractivity contribution is 6.11. The number of ether oxygens (including phenoxy) is 2. The minimum Gasteiger partial charge on any atom is -0.467 e. The zero-order valence-corrected chi connectivity index (χ0v) is 19.8. The van der Waals surface area contributed by atoms with Gasteiger partial charge in [-0.05, 0) is 30.7 Å². The Bertz CT molecular complexity index is 1430. The van der Waals surface area contributed by atoms with E-state index in [9.17, 15) is 19.2 Å². The number of nitrogens with zero attached hydrogens (tertiary/aromatic N) is 1. The van der Waals surface area contributed by atoms with Gasteiger partial charge in [-0.15, -0.1) is 0 Å². The molecule has 4 rings (SSSR count). The Morgan fingerprint density at radius 1 is 0.889 bits per heavy atom. The summed E-state index contributed by atoms with van der Waals surface area (Å²) in [4.78, 5) is 51.4. The Morgan fingerprint density at radius 3 is 2.19 bits per heavy atom. The lowest BCUT2D eigenvalue weighted by atomic mass is 10.1. The van der Waals surface area contributed by atoms with Gasteiger partial charge in [0, 0.05) is 17.3 Å². The highest BCUT2D eigenvalue weighted by Gasteiger charge is 2.26. The van der Waals surface area contributed by atoms with Gasteiger partial charge in [-0.2, -0.15) is 0 Å². The number of amides is 1. The van der Waals surface area contributed by atoms with Gasteiger partial charge in [0.05, 0.1) is 30.5 Å². The van der Waals surface area contributed by atoms with Crippen molar-refractivity contribution in [2.45, 2.75) is 13.0 Å². The molecule has 4 aromatic rings. The average molecular weight is 485 g/mol. The molecule has 0 bridgehead atoms. The van der Waals surface area contributed by atoms with Crippen LogP contribution in [0.5, 0.6) is 0 Å². The second-order valence-electron chi connectivity index (χ2n) is 7.87. The fourth-order valence-corrected chi connectivity index (χ4v) is 3.88. The molecule has 0 unspecified atom stereocenters. The van der Waals surface area contributed by atoms with Gasteiger partial charge in [0.15, 0.2) is 6.04 Å². The number of pyridine rings is 1. The van der Waals surface area contributed by atoms with E-state index in [-0.39, 0.29) is 29.2 Å². The first-order chi connectivity index (χ1) is 17.4. The summed E-state index contributed by atoms with van der Waals surface area (Å²) < 4.78 is 11.6. The van der Waals surface area contributed by atoms with Crippen LogP contribution in [-0.4, -0.2) is 41.7 Å². The fourth-order valence-electron chi connectivity index (χ4n) is 3.88. The van der Waals surface area contributed by atoms with Crippen LogP contribution in [0.1, 0.15) is 55.3 Å². The molecule has 0 saturated heterocycles. The lowest BCUT2D eigenvalue weighted by Gasteiger charge is -2.17. The highest BCUT2D eigenvalue weighted by Crippen LogP contribution is 2.23. The van der Waals surface area contributed by atoms with Crippen LogP contribution in [0.3, 0.4) is 0 Å². The van der Waals surface area contributed by atoms with Crippen LogP contribution in [-0.2, 0) is 14.3 Å². The highest BCUT2D eigenvalue weighted by atomic mass is 16.5. The molecular weight excluding hydrogens is 460 g/mol. The molecule has 0 spiro atoms. The van der Waals surface area contributed by atoms with Crippen LogP contribution in [0, 0.1) is 0 Å². The maximum atomic E-state index is 13.2. The number of benzene rings is 2. The van der Waals surface area contributed by atoms with Crippen molar-refractivity contribution in [3.63, 3.8) is 0 Å². The van der Waals surface area contributed by atoms with Gasteiger partial charge in [0.2, 0.25) is 5.78 Å². The molecule has 1 atom stereocenters. The van der Waals surface area contributed by atoms with Gasteiger partial charge in [-0.1, -0.05) is 60.7 Å². The Morgan fingerprint density at radius 2 is 1.56 bits per heavy atom. The van der Waals surface area contributed by atoms with Crippen LogP contribution in [0.4, 0.5) is 0 Å². The van der Waals surface area contributed by atoms with E-state index < -0.39 is 23.9 Å². The number of nitrogens with one attached hydrogen (secondary N) is 1. The monoisotopic (exact) mass is 484 g/mol. The molecule has 1 N–H and O–H groups in total. The first-order valence-electron chi connectivity index (χ1n) is 11.3. The standard InChI is InChI=1S/C28H24N2O6/c1-3-36-27(33)21-17-23(25(31)19-12-8-5-9-13-19)30-15-14-20(16-22(21)30)26(32)29-24(28(34)35-2)18-10-6-4-7-11-18/h4-17,24H,3H2,1-2H3,(H,29,32)/t24-/m1/s1. The van der Waals surface area contributed by atoms with E-state index in [0.717, 1.165) is 0 Å². The molecular formula is C28H24N2O6. The van der Waals surface area contributed by atoms with Crippen molar-refractivity contribution in [1.29, 1.82) is 0 Å². The van der Waals surface area contributed by atoms with E-state index in [1.807, 2.05) is 0 Å². The summed E-state index contributed by atoms with van der Waals surface area (Å²) in [5, 5.41) is 2.69. The number of fused-ring (bicyclic) bond motifs is 1. The number of hydrogen-bond donors (Lipinski definition) is 1. The van der Waals surface area contributed by atoms with Crippen molar-refractivity contribution in [3.05, 3.63) is 113 Å². The third kappa shape index (κ3) is 4.88. The lowest BCUT2D eigenvalue weighted by molar-refractivity contribution is -0.143. The van der Waals surface area contributed by atoms with Crippen molar-refractivity contribution in [2.75, 3.05) is 13.7 Å². The van der Waals surface area contributed by atoms with Gasteiger partial charge in [-0.25, -0.2) is 9.59 Å². The number of methoxy groups -OCH3 is 1. The normalized spacial score (nSPS) is 11.5. The number of hydrogen-bond acceptors (Lipinski definition) is 6. The topological polar surface area (TPSA) is 103 Å². The third-order valence-electron chi connectivity index (χ3n) is 5.64. The van der Waals surface area contributed by atoms with Crippen LogP contribution < -0.4 is 5.32 Å². The molecule has 2 heterocycles. The zero-order chi connectivity index (χ0) is 25.7. The number of ketones is 1. The van der Waals surface area contributed by atoms with Crippen molar-refractivity contribution >= 4 is 29.1 Å². The summed E-state index contributed by atoms with van der Waals surface area (Å²) >= 11 is 0. The van der Waals surface area contributed by atoms with E-state index in [1.165, 1.54) is 25.3 Å². The maximum absolute atomic E-state index is 13.2.